The Balaban J connectivity index is 1.31. The zero-order chi connectivity index (χ0) is 21.9. The van der Waals surface area contributed by atoms with E-state index in [9.17, 15) is 14.7 Å². The van der Waals surface area contributed by atoms with E-state index in [0.717, 1.165) is 56.3 Å². The average Bonchev–Trinajstić information content (AvgIpc) is 3.40. The van der Waals surface area contributed by atoms with E-state index in [1.54, 1.807) is 4.90 Å². The Labute approximate surface area is 189 Å². The second-order valence-electron chi connectivity index (χ2n) is 10.5. The number of amides is 2. The fourth-order valence-electron chi connectivity index (χ4n) is 7.72. The number of hydrogen-bond donors (Lipinski definition) is 1. The Hall–Kier alpha value is -2.82. The van der Waals surface area contributed by atoms with E-state index in [-0.39, 0.29) is 16.9 Å². The summed E-state index contributed by atoms with van der Waals surface area (Å²) in [6.07, 6.45) is 6.09. The van der Waals surface area contributed by atoms with Crippen molar-refractivity contribution in [3.63, 3.8) is 0 Å². The number of hydrogen-bond acceptors (Lipinski definition) is 2. The number of carboxylic acid groups (broad SMARTS) is 1. The summed E-state index contributed by atoms with van der Waals surface area (Å²) in [6, 6.07) is 18.6. The van der Waals surface area contributed by atoms with Crippen molar-refractivity contribution in [2.24, 2.45) is 11.8 Å². The second-order valence-corrected chi connectivity index (χ2v) is 10.5. The molecule has 0 spiro atoms. The van der Waals surface area contributed by atoms with Gasteiger partial charge in [0, 0.05) is 25.2 Å². The summed E-state index contributed by atoms with van der Waals surface area (Å²) in [4.78, 5) is 28.3. The summed E-state index contributed by atoms with van der Waals surface area (Å²) in [6.45, 7) is 1.27. The lowest BCUT2D eigenvalue weighted by atomic mass is 9.65. The van der Waals surface area contributed by atoms with E-state index in [1.807, 2.05) is 35.2 Å². The smallest absolute Gasteiger partial charge is 0.408 e. The lowest BCUT2D eigenvalue weighted by Gasteiger charge is -2.45. The third kappa shape index (κ3) is 2.90. The van der Waals surface area contributed by atoms with Crippen LogP contribution < -0.4 is 4.90 Å². The molecule has 4 atom stereocenters. The molecule has 1 aliphatic heterocycles. The molecule has 32 heavy (non-hydrogen) atoms. The van der Waals surface area contributed by atoms with Gasteiger partial charge >= 0.3 is 6.09 Å². The van der Waals surface area contributed by atoms with Gasteiger partial charge in [0.15, 0.2) is 0 Å². The minimum atomic E-state index is -0.792. The normalized spacial score (nSPS) is 32.6. The maximum absolute atomic E-state index is 12.5. The first kappa shape index (κ1) is 19.8. The van der Waals surface area contributed by atoms with Crippen LogP contribution in [0.15, 0.2) is 54.6 Å². The standard InChI is InChI=1S/C27H30N2O3/c30-24-7-4-12-28(24)23-10-8-21(9-11-23)26-14-20-13-22(16-26)27(15-20,18-26)29(25(31)32)17-19-5-2-1-3-6-19/h1-3,5-6,8-11,20,22H,4,7,12-18H2,(H,31,32). The highest BCUT2D eigenvalue weighted by Crippen LogP contribution is 2.68. The number of carbonyl (C=O) groups excluding carboxylic acids is 1. The number of benzene rings is 2. The van der Waals surface area contributed by atoms with Crippen LogP contribution in [0.5, 0.6) is 0 Å². The molecule has 5 nitrogen and oxygen atoms in total. The van der Waals surface area contributed by atoms with E-state index in [0.29, 0.717) is 24.8 Å². The summed E-state index contributed by atoms with van der Waals surface area (Å²) >= 11 is 0. The van der Waals surface area contributed by atoms with E-state index < -0.39 is 6.09 Å². The first-order chi connectivity index (χ1) is 15.5. The Morgan fingerprint density at radius 3 is 2.53 bits per heavy atom. The summed E-state index contributed by atoms with van der Waals surface area (Å²) in [7, 11) is 0. The molecule has 0 radical (unpaired) electrons. The predicted molar refractivity (Wildman–Crippen MR) is 123 cm³/mol. The molecule has 5 aliphatic rings. The molecule has 1 saturated heterocycles. The minimum Gasteiger partial charge on any atom is -0.465 e. The summed E-state index contributed by atoms with van der Waals surface area (Å²) < 4.78 is 0. The Morgan fingerprint density at radius 1 is 1.06 bits per heavy atom. The van der Waals surface area contributed by atoms with Gasteiger partial charge in [0.05, 0.1) is 5.54 Å². The van der Waals surface area contributed by atoms with Crippen molar-refractivity contribution in [3.05, 3.63) is 65.7 Å². The zero-order valence-electron chi connectivity index (χ0n) is 18.4. The van der Waals surface area contributed by atoms with E-state index in [4.69, 9.17) is 0 Å². The van der Waals surface area contributed by atoms with Crippen molar-refractivity contribution in [1.82, 2.24) is 4.90 Å². The fraction of sp³-hybridized carbons (Fsp3) is 0.481. The third-order valence-corrected chi connectivity index (χ3v) is 8.80. The van der Waals surface area contributed by atoms with E-state index in [1.165, 1.54) is 5.56 Å². The van der Waals surface area contributed by atoms with Gasteiger partial charge in [0.1, 0.15) is 0 Å². The molecule has 4 bridgehead atoms. The quantitative estimate of drug-likeness (QED) is 0.710. The predicted octanol–water partition coefficient (Wildman–Crippen LogP) is 5.19. The van der Waals surface area contributed by atoms with Gasteiger partial charge in [-0.05, 0) is 79.0 Å². The van der Waals surface area contributed by atoms with Gasteiger partial charge in [-0.1, -0.05) is 42.5 Å². The van der Waals surface area contributed by atoms with Crippen LogP contribution in [-0.4, -0.2) is 34.1 Å². The van der Waals surface area contributed by atoms with Crippen LogP contribution in [0, 0.1) is 11.8 Å². The number of carbonyl (C=O) groups is 2. The molecule has 166 valence electrons. The third-order valence-electron chi connectivity index (χ3n) is 8.80. The van der Waals surface area contributed by atoms with Crippen LogP contribution in [0.25, 0.3) is 0 Å². The summed E-state index contributed by atoms with van der Waals surface area (Å²) in [5.41, 5.74) is 3.19. The highest BCUT2D eigenvalue weighted by Gasteiger charge is 2.67. The highest BCUT2D eigenvalue weighted by molar-refractivity contribution is 5.95. The topological polar surface area (TPSA) is 60.9 Å². The monoisotopic (exact) mass is 430 g/mol. The van der Waals surface area contributed by atoms with Crippen LogP contribution in [0.1, 0.15) is 56.1 Å². The van der Waals surface area contributed by atoms with Gasteiger partial charge in [-0.3, -0.25) is 9.69 Å². The van der Waals surface area contributed by atoms with Crippen LogP contribution in [-0.2, 0) is 16.8 Å². The molecule has 4 saturated carbocycles. The molecular formula is C27H30N2O3. The van der Waals surface area contributed by atoms with Crippen LogP contribution in [0.2, 0.25) is 0 Å². The first-order valence-electron chi connectivity index (χ1n) is 11.9. The maximum atomic E-state index is 12.5. The Morgan fingerprint density at radius 2 is 1.84 bits per heavy atom. The molecule has 4 aliphatic carbocycles. The van der Waals surface area contributed by atoms with Gasteiger partial charge in [-0.25, -0.2) is 4.79 Å². The summed E-state index contributed by atoms with van der Waals surface area (Å²) in [5, 5.41) is 10.3. The molecule has 1 heterocycles. The van der Waals surface area contributed by atoms with Crippen molar-refractivity contribution >= 4 is 17.7 Å². The van der Waals surface area contributed by atoms with Crippen molar-refractivity contribution in [1.29, 1.82) is 0 Å². The SMILES string of the molecule is O=C1CCCN1c1ccc(C23CC4CC(C2)C(N(Cc2ccccc2)C(=O)O)(C4)C3)cc1. The van der Waals surface area contributed by atoms with Crippen molar-refractivity contribution in [2.75, 3.05) is 11.4 Å². The molecule has 4 unspecified atom stereocenters. The average molecular weight is 431 g/mol. The van der Waals surface area contributed by atoms with Crippen LogP contribution in [0.4, 0.5) is 10.5 Å². The summed E-state index contributed by atoms with van der Waals surface area (Å²) in [5.74, 6) is 1.24. The molecule has 1 N–H and O–H groups in total. The van der Waals surface area contributed by atoms with Gasteiger partial charge in [0.2, 0.25) is 5.91 Å². The lowest BCUT2D eigenvalue weighted by molar-refractivity contribution is -0.117. The van der Waals surface area contributed by atoms with Gasteiger partial charge < -0.3 is 10.0 Å². The van der Waals surface area contributed by atoms with E-state index in [2.05, 4.69) is 24.3 Å². The van der Waals surface area contributed by atoms with Gasteiger partial charge in [0.25, 0.3) is 0 Å². The van der Waals surface area contributed by atoms with Crippen LogP contribution >= 0.6 is 0 Å². The number of rotatable bonds is 5. The molecule has 2 amide bonds. The number of nitrogens with zero attached hydrogens (tertiary/aromatic N) is 2. The maximum Gasteiger partial charge on any atom is 0.408 e. The van der Waals surface area contributed by atoms with Crippen molar-refractivity contribution in [2.45, 2.75) is 62.4 Å². The molecule has 7 rings (SSSR count). The largest absolute Gasteiger partial charge is 0.465 e. The number of anilines is 1. The van der Waals surface area contributed by atoms with Gasteiger partial charge in [-0.2, -0.15) is 0 Å². The lowest BCUT2D eigenvalue weighted by Crippen LogP contribution is -2.53. The zero-order valence-corrected chi connectivity index (χ0v) is 18.4. The van der Waals surface area contributed by atoms with Gasteiger partial charge in [-0.15, -0.1) is 0 Å². The van der Waals surface area contributed by atoms with Crippen LogP contribution in [0.3, 0.4) is 0 Å². The molecule has 2 aromatic carbocycles. The first-order valence-corrected chi connectivity index (χ1v) is 11.9. The molecule has 2 aromatic rings. The molecular weight excluding hydrogens is 400 g/mol. The van der Waals surface area contributed by atoms with Crippen molar-refractivity contribution in [3.8, 4) is 0 Å². The van der Waals surface area contributed by atoms with Crippen molar-refractivity contribution < 1.29 is 14.7 Å². The second kappa shape index (κ2) is 7.09. The fourth-order valence-corrected chi connectivity index (χ4v) is 7.72. The molecule has 5 heteroatoms. The highest BCUT2D eigenvalue weighted by atomic mass is 16.4. The molecule has 5 fully saturated rings. The minimum absolute atomic E-state index is 0.0593. The molecule has 0 aromatic heterocycles. The van der Waals surface area contributed by atoms with E-state index >= 15 is 0 Å². The Kier molecular flexibility index (Phi) is 4.40. The Bertz CT molecular complexity index is 1050.